The molecule has 0 saturated carbocycles. The van der Waals surface area contributed by atoms with E-state index in [1.54, 1.807) is 11.8 Å². The van der Waals surface area contributed by atoms with Crippen LogP contribution in [-0.4, -0.2) is 49.1 Å². The molecule has 30 heavy (non-hydrogen) atoms. The van der Waals surface area contributed by atoms with E-state index in [0.717, 1.165) is 29.4 Å². The van der Waals surface area contributed by atoms with E-state index in [-0.39, 0.29) is 18.3 Å². The van der Waals surface area contributed by atoms with E-state index in [1.165, 1.54) is 5.69 Å². The number of piperazine rings is 1. The monoisotopic (exact) mass is 402 g/mol. The van der Waals surface area contributed by atoms with Crippen LogP contribution in [0.1, 0.15) is 12.5 Å². The van der Waals surface area contributed by atoms with Gasteiger partial charge in [0.2, 0.25) is 0 Å². The van der Waals surface area contributed by atoms with Crippen molar-refractivity contribution in [2.45, 2.75) is 19.4 Å². The van der Waals surface area contributed by atoms with Gasteiger partial charge in [0.25, 0.3) is 5.91 Å². The molecule has 1 fully saturated rings. The van der Waals surface area contributed by atoms with E-state index in [2.05, 4.69) is 17.0 Å². The quantitative estimate of drug-likeness (QED) is 0.611. The highest BCUT2D eigenvalue weighted by atomic mass is 16.5. The third-order valence-electron chi connectivity index (χ3n) is 5.53. The van der Waals surface area contributed by atoms with Crippen LogP contribution in [0.25, 0.3) is 10.8 Å². The van der Waals surface area contributed by atoms with Crippen molar-refractivity contribution in [1.29, 1.82) is 0 Å². The lowest BCUT2D eigenvalue weighted by Gasteiger charge is -2.37. The van der Waals surface area contributed by atoms with E-state index in [9.17, 15) is 9.59 Å². The molecule has 1 heterocycles. The summed E-state index contributed by atoms with van der Waals surface area (Å²) in [6.45, 7) is 4.45. The van der Waals surface area contributed by atoms with E-state index >= 15 is 0 Å². The number of benzene rings is 3. The van der Waals surface area contributed by atoms with Crippen molar-refractivity contribution in [2.75, 3.05) is 31.1 Å². The summed E-state index contributed by atoms with van der Waals surface area (Å²) in [6, 6.07) is 24.1. The van der Waals surface area contributed by atoms with Crippen LogP contribution in [0.15, 0.2) is 72.8 Å². The maximum atomic E-state index is 12.7. The van der Waals surface area contributed by atoms with Crippen LogP contribution in [0.3, 0.4) is 0 Å². The first-order valence-corrected chi connectivity index (χ1v) is 10.4. The third kappa shape index (κ3) is 4.62. The SMILES string of the molecule is CC(OC(=O)Cc1ccc2ccccc2c1)C(=O)N1CCN(c2ccccc2)CC1. The number of amides is 1. The highest BCUT2D eigenvalue weighted by molar-refractivity contribution is 5.86. The number of para-hydroxylation sites is 1. The molecule has 0 aliphatic carbocycles. The zero-order valence-corrected chi connectivity index (χ0v) is 17.2. The van der Waals surface area contributed by atoms with E-state index in [4.69, 9.17) is 4.74 Å². The van der Waals surface area contributed by atoms with Gasteiger partial charge in [-0.2, -0.15) is 0 Å². The lowest BCUT2D eigenvalue weighted by atomic mass is 10.1. The summed E-state index contributed by atoms with van der Waals surface area (Å²) in [4.78, 5) is 29.2. The molecule has 5 heteroatoms. The number of hydrogen-bond donors (Lipinski definition) is 0. The van der Waals surface area contributed by atoms with E-state index < -0.39 is 6.10 Å². The van der Waals surface area contributed by atoms with Crippen LogP contribution >= 0.6 is 0 Å². The van der Waals surface area contributed by atoms with Crippen LogP contribution in [-0.2, 0) is 20.7 Å². The van der Waals surface area contributed by atoms with E-state index in [0.29, 0.717) is 13.1 Å². The molecule has 0 bridgehead atoms. The molecule has 0 spiro atoms. The first kappa shape index (κ1) is 20.0. The largest absolute Gasteiger partial charge is 0.452 e. The highest BCUT2D eigenvalue weighted by Gasteiger charge is 2.27. The van der Waals surface area contributed by atoms with Gasteiger partial charge in [-0.05, 0) is 35.4 Å². The molecule has 4 rings (SSSR count). The standard InChI is InChI=1S/C25H26N2O3/c1-19(25(29)27-15-13-26(14-16-27)23-9-3-2-4-10-23)30-24(28)18-20-11-12-21-7-5-6-8-22(21)17-20/h2-12,17,19H,13-16,18H2,1H3. The van der Waals surface area contributed by atoms with Crippen LogP contribution in [0.5, 0.6) is 0 Å². The Balaban J connectivity index is 1.29. The molecule has 0 aromatic heterocycles. The van der Waals surface area contributed by atoms with Crippen LogP contribution in [0.2, 0.25) is 0 Å². The second-order valence-corrected chi connectivity index (χ2v) is 7.64. The van der Waals surface area contributed by atoms with Gasteiger partial charge < -0.3 is 14.5 Å². The van der Waals surface area contributed by atoms with Crippen molar-refractivity contribution in [1.82, 2.24) is 4.90 Å². The molecule has 1 aliphatic rings. The zero-order valence-electron chi connectivity index (χ0n) is 17.2. The Morgan fingerprint density at radius 2 is 1.53 bits per heavy atom. The topological polar surface area (TPSA) is 49.9 Å². The maximum Gasteiger partial charge on any atom is 0.311 e. The van der Waals surface area contributed by atoms with E-state index in [1.807, 2.05) is 60.7 Å². The van der Waals surface area contributed by atoms with Crippen molar-refractivity contribution in [3.63, 3.8) is 0 Å². The van der Waals surface area contributed by atoms with Crippen molar-refractivity contribution in [2.24, 2.45) is 0 Å². The van der Waals surface area contributed by atoms with Crippen molar-refractivity contribution in [3.05, 3.63) is 78.4 Å². The molecule has 3 aromatic carbocycles. The smallest absolute Gasteiger partial charge is 0.311 e. The predicted octanol–water partition coefficient (Wildman–Crippen LogP) is 3.66. The molecule has 154 valence electrons. The fourth-order valence-corrected chi connectivity index (χ4v) is 3.89. The number of nitrogens with zero attached hydrogens (tertiary/aromatic N) is 2. The molecule has 1 aliphatic heterocycles. The Labute approximate surface area is 176 Å². The summed E-state index contributed by atoms with van der Waals surface area (Å²) in [7, 11) is 0. The molecular formula is C25H26N2O3. The van der Waals surface area contributed by atoms with Crippen molar-refractivity contribution >= 4 is 28.3 Å². The first-order valence-electron chi connectivity index (χ1n) is 10.4. The minimum atomic E-state index is -0.777. The highest BCUT2D eigenvalue weighted by Crippen LogP contribution is 2.18. The average Bonchev–Trinajstić information content (AvgIpc) is 2.79. The minimum Gasteiger partial charge on any atom is -0.452 e. The fraction of sp³-hybridized carbons (Fsp3) is 0.280. The Hall–Kier alpha value is -3.34. The molecular weight excluding hydrogens is 376 g/mol. The summed E-state index contributed by atoms with van der Waals surface area (Å²) in [6.07, 6.45) is -0.620. The van der Waals surface area contributed by atoms with Gasteiger partial charge in [-0.3, -0.25) is 9.59 Å². The average molecular weight is 402 g/mol. The number of fused-ring (bicyclic) bond motifs is 1. The number of ether oxygens (including phenoxy) is 1. The number of hydrogen-bond acceptors (Lipinski definition) is 4. The lowest BCUT2D eigenvalue weighted by Crippen LogP contribution is -2.51. The molecule has 0 N–H and O–H groups in total. The van der Waals surface area contributed by atoms with Gasteiger partial charge in [-0.25, -0.2) is 0 Å². The van der Waals surface area contributed by atoms with Crippen molar-refractivity contribution < 1.29 is 14.3 Å². The van der Waals surface area contributed by atoms with Gasteiger partial charge in [0, 0.05) is 31.9 Å². The zero-order chi connectivity index (χ0) is 20.9. The second-order valence-electron chi connectivity index (χ2n) is 7.64. The number of rotatable bonds is 5. The first-order chi connectivity index (χ1) is 14.6. The van der Waals surface area contributed by atoms with Crippen LogP contribution < -0.4 is 4.90 Å². The van der Waals surface area contributed by atoms with Gasteiger partial charge in [-0.1, -0.05) is 60.7 Å². The van der Waals surface area contributed by atoms with Crippen molar-refractivity contribution in [3.8, 4) is 0 Å². The normalized spacial score (nSPS) is 15.1. The molecule has 1 atom stereocenters. The summed E-state index contributed by atoms with van der Waals surface area (Å²) < 4.78 is 5.45. The second kappa shape index (κ2) is 8.99. The maximum absolute atomic E-state index is 12.7. The lowest BCUT2D eigenvalue weighted by molar-refractivity contribution is -0.158. The summed E-state index contributed by atoms with van der Waals surface area (Å²) in [5.41, 5.74) is 2.05. The molecule has 5 nitrogen and oxygen atoms in total. The Morgan fingerprint density at radius 3 is 2.27 bits per heavy atom. The van der Waals surface area contributed by atoms with Gasteiger partial charge in [0.05, 0.1) is 6.42 Å². The predicted molar refractivity (Wildman–Crippen MR) is 118 cm³/mol. The Morgan fingerprint density at radius 1 is 0.867 bits per heavy atom. The van der Waals surface area contributed by atoms with Gasteiger partial charge in [0.1, 0.15) is 0 Å². The van der Waals surface area contributed by atoms with Gasteiger partial charge in [0.15, 0.2) is 6.10 Å². The number of carbonyl (C=O) groups is 2. The Bertz CT molecular complexity index is 1030. The molecule has 1 saturated heterocycles. The molecule has 1 unspecified atom stereocenters. The molecule has 1 amide bonds. The number of esters is 1. The fourth-order valence-electron chi connectivity index (χ4n) is 3.89. The van der Waals surface area contributed by atoms with Crippen LogP contribution in [0.4, 0.5) is 5.69 Å². The summed E-state index contributed by atoms with van der Waals surface area (Å²) in [5, 5.41) is 2.22. The number of carbonyl (C=O) groups excluding carboxylic acids is 2. The third-order valence-corrected chi connectivity index (χ3v) is 5.53. The van der Waals surface area contributed by atoms with Gasteiger partial charge in [-0.15, -0.1) is 0 Å². The summed E-state index contributed by atoms with van der Waals surface area (Å²) >= 11 is 0. The minimum absolute atomic E-state index is 0.130. The summed E-state index contributed by atoms with van der Waals surface area (Å²) in [5.74, 6) is -0.511. The Kier molecular flexibility index (Phi) is 5.98. The number of anilines is 1. The molecule has 0 radical (unpaired) electrons. The van der Waals surface area contributed by atoms with Crippen LogP contribution in [0, 0.1) is 0 Å². The van der Waals surface area contributed by atoms with Gasteiger partial charge >= 0.3 is 5.97 Å². The molecule has 3 aromatic rings.